The van der Waals surface area contributed by atoms with E-state index in [1.807, 2.05) is 57.2 Å². The molecule has 0 atom stereocenters. The molecule has 2 aromatic rings. The molecule has 0 aromatic heterocycles. The van der Waals surface area contributed by atoms with E-state index < -0.39 is 0 Å². The Hall–Kier alpha value is -1.80. The molecule has 0 bridgehead atoms. The molecule has 1 N–H and O–H groups in total. The van der Waals surface area contributed by atoms with Crippen LogP contribution in [0.2, 0.25) is 5.02 Å². The molecule has 0 unspecified atom stereocenters. The van der Waals surface area contributed by atoms with Crippen LogP contribution in [-0.4, -0.2) is 5.91 Å². The van der Waals surface area contributed by atoms with Gasteiger partial charge in [-0.05, 0) is 61.7 Å². The number of nitrogens with one attached hydrogen (secondary N) is 1. The van der Waals surface area contributed by atoms with Crippen molar-refractivity contribution in [2.24, 2.45) is 0 Å². The third-order valence-electron chi connectivity index (χ3n) is 3.28. The van der Waals surface area contributed by atoms with Gasteiger partial charge in [0.15, 0.2) is 0 Å². The molecule has 2 rings (SSSR count). The molecule has 0 saturated heterocycles. The lowest BCUT2D eigenvalue weighted by atomic mass is 10.1. The molecule has 0 saturated carbocycles. The minimum atomic E-state index is -0.117. The van der Waals surface area contributed by atoms with Crippen molar-refractivity contribution < 1.29 is 4.79 Å². The van der Waals surface area contributed by atoms with E-state index >= 15 is 0 Å². The molecule has 0 heterocycles. The third-order valence-corrected chi connectivity index (χ3v) is 3.69. The van der Waals surface area contributed by atoms with E-state index in [2.05, 4.69) is 5.32 Å². The van der Waals surface area contributed by atoms with Gasteiger partial charge >= 0.3 is 0 Å². The largest absolute Gasteiger partial charge is 0.322 e. The van der Waals surface area contributed by atoms with Gasteiger partial charge in [0.05, 0.1) is 0 Å². The predicted molar refractivity (Wildman–Crippen MR) is 80.1 cm³/mol. The number of halogens is 1. The Morgan fingerprint density at radius 1 is 1.05 bits per heavy atom. The van der Waals surface area contributed by atoms with Crippen molar-refractivity contribution in [3.05, 3.63) is 63.7 Å². The van der Waals surface area contributed by atoms with Crippen molar-refractivity contribution in [1.82, 2.24) is 0 Å². The molecule has 19 heavy (non-hydrogen) atoms. The average Bonchev–Trinajstić information content (AvgIpc) is 2.38. The van der Waals surface area contributed by atoms with E-state index in [0.29, 0.717) is 10.6 Å². The maximum absolute atomic E-state index is 12.2. The van der Waals surface area contributed by atoms with E-state index in [0.717, 1.165) is 16.8 Å². The van der Waals surface area contributed by atoms with Crippen LogP contribution in [0, 0.1) is 20.8 Å². The number of aryl methyl sites for hydroxylation is 2. The summed E-state index contributed by atoms with van der Waals surface area (Å²) in [5.41, 5.74) is 4.56. The molecule has 1 amide bonds. The summed E-state index contributed by atoms with van der Waals surface area (Å²) in [6.45, 7) is 5.91. The fourth-order valence-electron chi connectivity index (χ4n) is 1.82. The van der Waals surface area contributed by atoms with Gasteiger partial charge in [-0.1, -0.05) is 23.7 Å². The zero-order valence-electron chi connectivity index (χ0n) is 11.3. The lowest BCUT2D eigenvalue weighted by molar-refractivity contribution is 0.102. The zero-order valence-corrected chi connectivity index (χ0v) is 12.0. The lowest BCUT2D eigenvalue weighted by Gasteiger charge is -2.10. The number of amides is 1. The number of hydrogen-bond acceptors (Lipinski definition) is 1. The second-order valence-electron chi connectivity index (χ2n) is 4.67. The minimum Gasteiger partial charge on any atom is -0.322 e. The number of carbonyl (C=O) groups excluding carboxylic acids is 1. The number of hydrogen-bond donors (Lipinski definition) is 1. The number of carbonyl (C=O) groups is 1. The second-order valence-corrected chi connectivity index (χ2v) is 5.07. The van der Waals surface area contributed by atoms with Crippen molar-refractivity contribution in [3.8, 4) is 0 Å². The van der Waals surface area contributed by atoms with Gasteiger partial charge in [0.25, 0.3) is 5.91 Å². The molecule has 2 aromatic carbocycles. The predicted octanol–water partition coefficient (Wildman–Crippen LogP) is 4.52. The fraction of sp³-hybridized carbons (Fsp3) is 0.188. The molecule has 0 aliphatic rings. The highest BCUT2D eigenvalue weighted by Crippen LogP contribution is 2.23. The Morgan fingerprint density at radius 2 is 1.79 bits per heavy atom. The summed E-state index contributed by atoms with van der Waals surface area (Å²) in [5.74, 6) is -0.117. The molecule has 0 aliphatic carbocycles. The molecule has 0 fully saturated rings. The number of benzene rings is 2. The van der Waals surface area contributed by atoms with Crippen LogP contribution < -0.4 is 5.32 Å². The Kier molecular flexibility index (Phi) is 3.91. The Morgan fingerprint density at radius 3 is 2.47 bits per heavy atom. The second kappa shape index (κ2) is 5.45. The van der Waals surface area contributed by atoms with Crippen molar-refractivity contribution in [1.29, 1.82) is 0 Å². The highest BCUT2D eigenvalue weighted by molar-refractivity contribution is 6.31. The van der Waals surface area contributed by atoms with Gasteiger partial charge < -0.3 is 5.32 Å². The molecule has 0 aliphatic heterocycles. The summed E-state index contributed by atoms with van der Waals surface area (Å²) >= 11 is 6.04. The number of rotatable bonds is 2. The van der Waals surface area contributed by atoms with Gasteiger partial charge in [-0.2, -0.15) is 0 Å². The molecule has 2 nitrogen and oxygen atoms in total. The summed E-state index contributed by atoms with van der Waals surface area (Å²) in [4.78, 5) is 12.2. The van der Waals surface area contributed by atoms with Crippen LogP contribution >= 0.6 is 11.6 Å². The van der Waals surface area contributed by atoms with Crippen molar-refractivity contribution in [2.45, 2.75) is 20.8 Å². The van der Waals surface area contributed by atoms with E-state index in [1.54, 1.807) is 0 Å². The van der Waals surface area contributed by atoms with Crippen molar-refractivity contribution in [3.63, 3.8) is 0 Å². The summed E-state index contributed by atoms with van der Waals surface area (Å²) in [6.07, 6.45) is 0. The first-order valence-corrected chi connectivity index (χ1v) is 6.50. The van der Waals surface area contributed by atoms with Crippen LogP contribution in [0.4, 0.5) is 5.69 Å². The molecular formula is C16H16ClNO. The van der Waals surface area contributed by atoms with Gasteiger partial charge in [0.1, 0.15) is 0 Å². The third kappa shape index (κ3) is 2.96. The highest BCUT2D eigenvalue weighted by Gasteiger charge is 2.09. The minimum absolute atomic E-state index is 0.117. The van der Waals surface area contributed by atoms with Crippen LogP contribution in [0.5, 0.6) is 0 Å². The Labute approximate surface area is 118 Å². The maximum Gasteiger partial charge on any atom is 0.255 e. The molecular weight excluding hydrogens is 258 g/mol. The average molecular weight is 274 g/mol. The zero-order chi connectivity index (χ0) is 14.0. The molecule has 0 spiro atoms. The Bertz CT molecular complexity index is 635. The van der Waals surface area contributed by atoms with E-state index in [9.17, 15) is 4.79 Å². The normalized spacial score (nSPS) is 10.3. The van der Waals surface area contributed by atoms with Gasteiger partial charge in [-0.25, -0.2) is 0 Å². The maximum atomic E-state index is 12.2. The Balaban J connectivity index is 2.26. The van der Waals surface area contributed by atoms with Crippen LogP contribution in [0.25, 0.3) is 0 Å². The van der Waals surface area contributed by atoms with Crippen LogP contribution in [0.3, 0.4) is 0 Å². The van der Waals surface area contributed by atoms with Gasteiger partial charge in [-0.15, -0.1) is 0 Å². The summed E-state index contributed by atoms with van der Waals surface area (Å²) in [7, 11) is 0. The van der Waals surface area contributed by atoms with Crippen molar-refractivity contribution >= 4 is 23.2 Å². The first kappa shape index (κ1) is 13.6. The molecule has 3 heteroatoms. The SMILES string of the molecule is Cc1ccc(C(=O)Nc2cccc(Cl)c2C)cc1C. The standard InChI is InChI=1S/C16H16ClNO/c1-10-7-8-13(9-11(10)2)16(19)18-15-6-4-5-14(17)12(15)3/h4-9H,1-3H3,(H,18,19). The fourth-order valence-corrected chi connectivity index (χ4v) is 1.99. The van der Waals surface area contributed by atoms with Gasteiger partial charge in [0, 0.05) is 16.3 Å². The highest BCUT2D eigenvalue weighted by atomic mass is 35.5. The first-order chi connectivity index (χ1) is 8.99. The van der Waals surface area contributed by atoms with Crippen LogP contribution in [0.15, 0.2) is 36.4 Å². The van der Waals surface area contributed by atoms with E-state index in [-0.39, 0.29) is 5.91 Å². The lowest BCUT2D eigenvalue weighted by Crippen LogP contribution is -2.13. The summed E-state index contributed by atoms with van der Waals surface area (Å²) < 4.78 is 0. The summed E-state index contributed by atoms with van der Waals surface area (Å²) in [5, 5.41) is 3.54. The smallest absolute Gasteiger partial charge is 0.255 e. The quantitative estimate of drug-likeness (QED) is 0.856. The van der Waals surface area contributed by atoms with E-state index in [1.165, 1.54) is 5.56 Å². The monoisotopic (exact) mass is 273 g/mol. The first-order valence-electron chi connectivity index (χ1n) is 6.13. The van der Waals surface area contributed by atoms with Crippen LogP contribution in [0.1, 0.15) is 27.0 Å². The molecule has 98 valence electrons. The van der Waals surface area contributed by atoms with Crippen molar-refractivity contribution in [2.75, 3.05) is 5.32 Å². The van der Waals surface area contributed by atoms with Gasteiger partial charge in [0.2, 0.25) is 0 Å². The topological polar surface area (TPSA) is 29.1 Å². The summed E-state index contributed by atoms with van der Waals surface area (Å²) in [6, 6.07) is 11.2. The van der Waals surface area contributed by atoms with Gasteiger partial charge in [-0.3, -0.25) is 4.79 Å². The number of anilines is 1. The van der Waals surface area contributed by atoms with Crippen LogP contribution in [-0.2, 0) is 0 Å². The van der Waals surface area contributed by atoms with E-state index in [4.69, 9.17) is 11.6 Å². The molecule has 0 radical (unpaired) electrons.